The molecule has 5 aromatic carbocycles. The van der Waals surface area contributed by atoms with Gasteiger partial charge in [0.25, 0.3) is 5.70 Å². The highest BCUT2D eigenvalue weighted by Gasteiger charge is 2.39. The summed E-state index contributed by atoms with van der Waals surface area (Å²) in [5.41, 5.74) is 3.09. The summed E-state index contributed by atoms with van der Waals surface area (Å²) in [5, 5.41) is 11.9. The SMILES string of the molecule is CCC(C)C(=O)OCCCCCCOc1ccc(-c2ccc(OCCOC(=O)/C=C/c3cccc4ccccc34)cc2)cc1.[C-]#[N+]/C(C#N)=C1/Sc2c(OC(=O)C3CCC(C4CCC(CC)CC4)CC3)ccc(OC(=O)C3CCC(C4CCC(C(=O)OCCCCCCOC(=O)C(C)CC)CC4)CC3)c2S1. The maximum atomic E-state index is 13.7. The maximum Gasteiger partial charge on any atom is 0.330 e. The molecule has 0 N–H and O–H groups in total. The molecule has 1 aliphatic heterocycles. The zero-order chi connectivity index (χ0) is 75.0. The molecule has 4 aliphatic carbocycles. The first-order valence-electron chi connectivity index (χ1n) is 39.4. The molecule has 0 aromatic heterocycles. The van der Waals surface area contributed by atoms with E-state index in [1.807, 2.05) is 125 Å². The number of nitrogens with zero attached hydrogens (tertiary/aromatic N) is 2. The molecule has 4 fully saturated rings. The fourth-order valence-corrected chi connectivity index (χ4v) is 17.7. The van der Waals surface area contributed by atoms with Crippen molar-refractivity contribution in [3.05, 3.63) is 136 Å². The van der Waals surface area contributed by atoms with Crippen LogP contribution in [0.3, 0.4) is 0 Å². The van der Waals surface area contributed by atoms with Gasteiger partial charge < -0.3 is 37.9 Å². The normalized spacial score (nSPS) is 21.6. The zero-order valence-corrected chi connectivity index (χ0v) is 64.6. The fraction of sp³-hybridized carbons (Fsp3) is 0.545. The first kappa shape index (κ1) is 82.0. The van der Waals surface area contributed by atoms with Crippen LogP contribution in [0.2, 0.25) is 0 Å². The lowest BCUT2D eigenvalue weighted by atomic mass is 9.69. The molecule has 2 atom stereocenters. The van der Waals surface area contributed by atoms with E-state index in [0.717, 1.165) is 186 Å². The summed E-state index contributed by atoms with van der Waals surface area (Å²) in [6.45, 7) is 20.1. The van der Waals surface area contributed by atoms with Crippen molar-refractivity contribution < 1.29 is 66.7 Å². The molecule has 18 heteroatoms. The van der Waals surface area contributed by atoms with Gasteiger partial charge in [0.1, 0.15) is 36.2 Å². The molecule has 2 unspecified atom stereocenters. The predicted molar refractivity (Wildman–Crippen MR) is 416 cm³/mol. The number of hydrogen-bond donors (Lipinski definition) is 0. The Kier molecular flexibility index (Phi) is 33.8. The second kappa shape index (κ2) is 43.7. The van der Waals surface area contributed by atoms with Gasteiger partial charge in [-0.1, -0.05) is 144 Å². The molecular weight excluding hydrogens is 1370 g/mol. The van der Waals surface area contributed by atoms with Gasteiger partial charge in [0, 0.05) is 6.08 Å². The lowest BCUT2D eigenvalue weighted by molar-refractivity contribution is -0.151. The van der Waals surface area contributed by atoms with Crippen molar-refractivity contribution >= 4 is 76.2 Å². The van der Waals surface area contributed by atoms with E-state index in [0.29, 0.717) is 75.5 Å². The van der Waals surface area contributed by atoms with E-state index in [4.69, 9.17) is 44.5 Å². The molecule has 5 aromatic rings. The number of esters is 6. The Balaban J connectivity index is 0.000000260. The lowest BCUT2D eigenvalue weighted by Gasteiger charge is -2.37. The van der Waals surface area contributed by atoms with Gasteiger partial charge in [-0.15, -0.1) is 0 Å². The summed E-state index contributed by atoms with van der Waals surface area (Å²) < 4.78 is 45.8. The zero-order valence-electron chi connectivity index (χ0n) is 63.0. The summed E-state index contributed by atoms with van der Waals surface area (Å²) in [6, 6.07) is 35.3. The molecule has 4 saturated carbocycles. The lowest BCUT2D eigenvalue weighted by Crippen LogP contribution is -2.31. The van der Waals surface area contributed by atoms with E-state index in [1.54, 1.807) is 18.2 Å². The van der Waals surface area contributed by atoms with E-state index < -0.39 is 5.97 Å². The number of ether oxygens (including phenoxy) is 8. The van der Waals surface area contributed by atoms with Gasteiger partial charge in [-0.05, 0) is 254 Å². The number of rotatable bonds is 34. The summed E-state index contributed by atoms with van der Waals surface area (Å²) in [4.78, 5) is 80.3. The van der Waals surface area contributed by atoms with E-state index in [-0.39, 0.29) is 78.3 Å². The van der Waals surface area contributed by atoms with E-state index in [2.05, 4.69) is 11.8 Å². The third kappa shape index (κ3) is 25.0. The van der Waals surface area contributed by atoms with Crippen LogP contribution in [0.15, 0.2) is 129 Å². The van der Waals surface area contributed by atoms with Crippen molar-refractivity contribution in [2.45, 2.75) is 218 Å². The minimum Gasteiger partial charge on any atom is -0.494 e. The van der Waals surface area contributed by atoms with Crippen molar-refractivity contribution in [3.63, 3.8) is 0 Å². The Hall–Kier alpha value is -8.06. The van der Waals surface area contributed by atoms with E-state index >= 15 is 0 Å². The van der Waals surface area contributed by atoms with Crippen molar-refractivity contribution in [1.29, 1.82) is 5.26 Å². The van der Waals surface area contributed by atoms with Gasteiger partial charge in [-0.3, -0.25) is 24.0 Å². The van der Waals surface area contributed by atoms with E-state index in [1.165, 1.54) is 61.7 Å². The van der Waals surface area contributed by atoms with Crippen LogP contribution in [0.4, 0.5) is 0 Å². The number of hydrogen-bond acceptors (Lipinski definition) is 17. The molecule has 16 nitrogen and oxygen atoms in total. The van der Waals surface area contributed by atoms with Crippen LogP contribution in [-0.4, -0.2) is 75.5 Å². The Bertz CT molecular complexity index is 3780. The number of allylic oxidation sites excluding steroid dienone is 1. The van der Waals surface area contributed by atoms with Crippen LogP contribution in [0.1, 0.15) is 214 Å². The Morgan fingerprint density at radius 3 is 1.39 bits per heavy atom. The van der Waals surface area contributed by atoms with Gasteiger partial charge in [0.05, 0.1) is 82.7 Å². The highest BCUT2D eigenvalue weighted by molar-refractivity contribution is 8.24. The topological polar surface area (TPSA) is 204 Å². The first-order chi connectivity index (χ1) is 51.6. The molecule has 568 valence electrons. The van der Waals surface area contributed by atoms with Crippen LogP contribution in [-0.2, 0) is 47.7 Å². The minimum absolute atomic E-state index is 0.0192. The fourth-order valence-electron chi connectivity index (χ4n) is 15.2. The van der Waals surface area contributed by atoms with Gasteiger partial charge in [-0.25, -0.2) is 14.9 Å². The van der Waals surface area contributed by atoms with Crippen LogP contribution in [0.5, 0.6) is 23.0 Å². The number of fused-ring (bicyclic) bond motifs is 2. The molecule has 10 rings (SSSR count). The molecule has 0 spiro atoms. The van der Waals surface area contributed by atoms with Gasteiger partial charge in [0.2, 0.25) is 0 Å². The largest absolute Gasteiger partial charge is 0.494 e. The molecule has 106 heavy (non-hydrogen) atoms. The molecule has 1 heterocycles. The first-order valence-corrected chi connectivity index (χ1v) is 41.0. The predicted octanol–water partition coefficient (Wildman–Crippen LogP) is 21.3. The van der Waals surface area contributed by atoms with Crippen molar-refractivity contribution in [2.75, 3.05) is 39.6 Å². The Morgan fingerprint density at radius 2 is 0.925 bits per heavy atom. The molecule has 5 aliphatic rings. The summed E-state index contributed by atoms with van der Waals surface area (Å²) in [7, 11) is 0. The monoisotopic (exact) mass is 1480 g/mol. The molecule has 0 saturated heterocycles. The molecular formula is C88H110N2O14S2. The standard InChI is InChI=1S/C50H68N2O8S2.C38H42O6/c1-5-32(3)46(53)57-29-9-7-8-10-30-58-47(54)38-21-15-36(16-22-38)37-19-25-40(26-20-37)49(56)60-43-28-27-42(44-45(43)62-50(61-44)41(31-51)52-4)59-48(55)39-23-17-35(18-24-39)34-13-11-33(6-2)12-14-34;1-3-29(2)38(40)44-26-9-5-4-8-25-41-34-20-15-30(16-21-34)31-17-22-35(23-18-31)42-27-28-43-37(39)24-19-33-13-10-12-32-11-6-7-14-36(32)33/h27-28,32-40H,5-26,29-30H2,1-3H3;6-7,10-24,29H,3-5,8-9,25-28H2,1-2H3/b50-41-;24-19+. The van der Waals surface area contributed by atoms with Crippen molar-refractivity contribution in [2.24, 2.45) is 59.2 Å². The average Bonchev–Trinajstić information content (AvgIpc) is 1.56. The van der Waals surface area contributed by atoms with Gasteiger partial charge in [0.15, 0.2) is 0 Å². The second-order valence-corrected chi connectivity index (χ2v) is 31.7. The minimum atomic E-state index is -0.402. The van der Waals surface area contributed by atoms with Crippen LogP contribution < -0.4 is 18.9 Å². The van der Waals surface area contributed by atoms with Crippen LogP contribution in [0, 0.1) is 77.1 Å². The third-order valence-corrected chi connectivity index (χ3v) is 25.0. The average molecular weight is 1480 g/mol. The number of thioether (sulfide) groups is 2. The number of benzene rings is 5. The Morgan fingerprint density at radius 1 is 0.491 bits per heavy atom. The Labute approximate surface area is 637 Å². The summed E-state index contributed by atoms with van der Waals surface area (Å²) in [6.07, 6.45) is 29.7. The number of nitriles is 1. The van der Waals surface area contributed by atoms with Gasteiger partial charge in [-0.2, -0.15) is 0 Å². The van der Waals surface area contributed by atoms with Crippen molar-refractivity contribution in [3.8, 4) is 40.2 Å². The number of carbonyl (C=O) groups excluding carboxylic acids is 6. The summed E-state index contributed by atoms with van der Waals surface area (Å²) in [5.74, 6) is 4.00. The maximum absolute atomic E-state index is 13.7. The van der Waals surface area contributed by atoms with Crippen molar-refractivity contribution in [1.82, 2.24) is 0 Å². The summed E-state index contributed by atoms with van der Waals surface area (Å²) >= 11 is 2.46. The highest BCUT2D eigenvalue weighted by atomic mass is 32.2. The quantitative estimate of drug-likeness (QED) is 0.00714. The molecule has 0 amide bonds. The number of carbonyl (C=O) groups is 6. The van der Waals surface area contributed by atoms with Crippen LogP contribution >= 0.6 is 23.5 Å². The van der Waals surface area contributed by atoms with E-state index in [9.17, 15) is 34.0 Å². The second-order valence-electron chi connectivity index (χ2n) is 29.4. The molecule has 0 radical (unpaired) electrons. The number of unbranched alkanes of at least 4 members (excludes halogenated alkanes) is 6. The van der Waals surface area contributed by atoms with Gasteiger partial charge >= 0.3 is 35.8 Å². The smallest absolute Gasteiger partial charge is 0.330 e. The third-order valence-electron chi connectivity index (χ3n) is 22.3. The molecule has 0 bridgehead atoms. The highest BCUT2D eigenvalue weighted by Crippen LogP contribution is 2.59. The van der Waals surface area contributed by atoms with Crippen LogP contribution in [0.25, 0.3) is 32.8 Å².